The molecule has 0 radical (unpaired) electrons. The number of nitrogens with zero attached hydrogens (tertiary/aromatic N) is 3. The first kappa shape index (κ1) is 15.9. The molecule has 3 rings (SSSR count). The van der Waals surface area contributed by atoms with Gasteiger partial charge in [0.05, 0.1) is 18.1 Å². The summed E-state index contributed by atoms with van der Waals surface area (Å²) >= 11 is 0. The third-order valence-corrected chi connectivity index (χ3v) is 4.42. The average Bonchev–Trinajstić information content (AvgIpc) is 2.87. The van der Waals surface area contributed by atoms with E-state index in [0.29, 0.717) is 32.6 Å². The highest BCUT2D eigenvalue weighted by Gasteiger charge is 2.38. The van der Waals surface area contributed by atoms with Gasteiger partial charge < -0.3 is 14.5 Å². The van der Waals surface area contributed by atoms with Crippen LogP contribution >= 0.6 is 0 Å². The van der Waals surface area contributed by atoms with Crippen LogP contribution in [0.1, 0.15) is 25.8 Å². The molecule has 6 heteroatoms. The van der Waals surface area contributed by atoms with Gasteiger partial charge in [-0.15, -0.1) is 0 Å². The monoisotopic (exact) mass is 317 g/mol. The average molecular weight is 317 g/mol. The van der Waals surface area contributed by atoms with Crippen molar-refractivity contribution in [1.82, 2.24) is 14.8 Å². The summed E-state index contributed by atoms with van der Waals surface area (Å²) in [5.74, 6) is -0.103. The summed E-state index contributed by atoms with van der Waals surface area (Å²) < 4.78 is 5.67. The molecule has 1 unspecified atom stereocenters. The Bertz CT molecular complexity index is 568. The Hall–Kier alpha value is -1.95. The van der Waals surface area contributed by atoms with Crippen molar-refractivity contribution >= 4 is 11.8 Å². The number of carbonyl (C=O) groups is 2. The fraction of sp³-hybridized carbons (Fsp3) is 0.588. The van der Waals surface area contributed by atoms with Crippen molar-refractivity contribution in [3.05, 3.63) is 30.1 Å². The third kappa shape index (κ3) is 3.69. The molecule has 0 bridgehead atoms. The summed E-state index contributed by atoms with van der Waals surface area (Å²) in [5.41, 5.74) is 1.04. The lowest BCUT2D eigenvalue weighted by Crippen LogP contribution is -2.50. The normalized spacial score (nSPS) is 28.3. The molecular weight excluding hydrogens is 294 g/mol. The van der Waals surface area contributed by atoms with E-state index < -0.39 is 0 Å². The van der Waals surface area contributed by atoms with Crippen LogP contribution in [-0.2, 0) is 20.9 Å². The van der Waals surface area contributed by atoms with Gasteiger partial charge in [-0.1, -0.05) is 0 Å². The Balaban J connectivity index is 1.61. The number of likely N-dealkylation sites (tertiary alicyclic amines) is 1. The van der Waals surface area contributed by atoms with Gasteiger partial charge in [0.15, 0.2) is 0 Å². The number of morpholine rings is 1. The summed E-state index contributed by atoms with van der Waals surface area (Å²) in [5, 5.41) is 0. The number of rotatable bonds is 3. The predicted octanol–water partition coefficient (Wildman–Crippen LogP) is 1.07. The largest absolute Gasteiger partial charge is 0.372 e. The van der Waals surface area contributed by atoms with Gasteiger partial charge in [0.1, 0.15) is 0 Å². The van der Waals surface area contributed by atoms with Gasteiger partial charge in [-0.2, -0.15) is 0 Å². The van der Waals surface area contributed by atoms with Crippen LogP contribution in [0, 0.1) is 5.92 Å². The molecule has 0 saturated carbocycles. The molecule has 3 heterocycles. The molecule has 2 aliphatic rings. The lowest BCUT2D eigenvalue weighted by Gasteiger charge is -2.36. The number of aromatic nitrogens is 1. The molecule has 2 fully saturated rings. The zero-order valence-corrected chi connectivity index (χ0v) is 13.6. The van der Waals surface area contributed by atoms with Gasteiger partial charge in [0.2, 0.25) is 11.8 Å². The van der Waals surface area contributed by atoms with Crippen molar-refractivity contribution < 1.29 is 14.3 Å². The minimum absolute atomic E-state index is 0.0488. The van der Waals surface area contributed by atoms with E-state index in [4.69, 9.17) is 4.74 Å². The second-order valence-corrected chi connectivity index (χ2v) is 6.53. The molecular formula is C17H23N3O3. The van der Waals surface area contributed by atoms with E-state index in [-0.39, 0.29) is 29.9 Å². The molecule has 0 aliphatic carbocycles. The van der Waals surface area contributed by atoms with Crippen LogP contribution in [0.4, 0.5) is 0 Å². The first-order valence-corrected chi connectivity index (χ1v) is 8.14. The molecule has 3 atom stereocenters. The second kappa shape index (κ2) is 6.66. The SMILES string of the molecule is C[C@@H]1CN(C(=O)C2CC(=O)N(Cc3ccncc3)C2)C[C@H](C)O1. The van der Waals surface area contributed by atoms with Crippen LogP contribution in [0.2, 0.25) is 0 Å². The van der Waals surface area contributed by atoms with Gasteiger partial charge in [-0.25, -0.2) is 0 Å². The molecule has 1 aromatic heterocycles. The molecule has 2 saturated heterocycles. The molecule has 2 aliphatic heterocycles. The molecule has 124 valence electrons. The quantitative estimate of drug-likeness (QED) is 0.836. The van der Waals surface area contributed by atoms with Gasteiger partial charge in [-0.3, -0.25) is 14.6 Å². The molecule has 1 aromatic rings. The topological polar surface area (TPSA) is 62.7 Å². The summed E-state index contributed by atoms with van der Waals surface area (Å²) in [7, 11) is 0. The van der Waals surface area contributed by atoms with Gasteiger partial charge in [0, 0.05) is 45.0 Å². The maximum atomic E-state index is 12.7. The number of ether oxygens (including phenoxy) is 1. The molecule has 0 aromatic carbocycles. The molecule has 6 nitrogen and oxygen atoms in total. The summed E-state index contributed by atoms with van der Waals surface area (Å²) in [6.07, 6.45) is 3.84. The summed E-state index contributed by atoms with van der Waals surface area (Å²) in [6.45, 7) is 6.22. The first-order valence-electron chi connectivity index (χ1n) is 8.14. The van der Waals surface area contributed by atoms with E-state index in [0.717, 1.165) is 5.56 Å². The van der Waals surface area contributed by atoms with Crippen molar-refractivity contribution in [3.63, 3.8) is 0 Å². The van der Waals surface area contributed by atoms with E-state index in [1.165, 1.54) is 0 Å². The maximum Gasteiger partial charge on any atom is 0.228 e. The Morgan fingerprint density at radius 3 is 2.52 bits per heavy atom. The Labute approximate surface area is 136 Å². The lowest BCUT2D eigenvalue weighted by atomic mass is 10.1. The zero-order chi connectivity index (χ0) is 16.4. The van der Waals surface area contributed by atoms with Crippen LogP contribution in [0.3, 0.4) is 0 Å². The maximum absolute atomic E-state index is 12.7. The smallest absolute Gasteiger partial charge is 0.228 e. The molecule has 0 N–H and O–H groups in total. The van der Waals surface area contributed by atoms with E-state index in [2.05, 4.69) is 4.98 Å². The highest BCUT2D eigenvalue weighted by atomic mass is 16.5. The van der Waals surface area contributed by atoms with Crippen molar-refractivity contribution in [2.24, 2.45) is 5.92 Å². The van der Waals surface area contributed by atoms with Crippen LogP contribution in [0.25, 0.3) is 0 Å². The second-order valence-electron chi connectivity index (χ2n) is 6.53. The fourth-order valence-corrected chi connectivity index (χ4v) is 3.42. The van der Waals surface area contributed by atoms with Gasteiger partial charge in [-0.05, 0) is 31.5 Å². The summed E-state index contributed by atoms with van der Waals surface area (Å²) in [4.78, 5) is 32.5. The number of carbonyl (C=O) groups excluding carboxylic acids is 2. The van der Waals surface area contributed by atoms with Gasteiger partial charge in [0.25, 0.3) is 0 Å². The van der Waals surface area contributed by atoms with E-state index in [1.807, 2.05) is 30.9 Å². The van der Waals surface area contributed by atoms with Crippen molar-refractivity contribution in [1.29, 1.82) is 0 Å². The van der Waals surface area contributed by atoms with E-state index in [1.54, 1.807) is 17.3 Å². The third-order valence-electron chi connectivity index (χ3n) is 4.42. The van der Waals surface area contributed by atoms with Crippen LogP contribution < -0.4 is 0 Å². The highest BCUT2D eigenvalue weighted by molar-refractivity contribution is 5.89. The van der Waals surface area contributed by atoms with Crippen molar-refractivity contribution in [2.75, 3.05) is 19.6 Å². The minimum Gasteiger partial charge on any atom is -0.372 e. The van der Waals surface area contributed by atoms with Crippen molar-refractivity contribution in [2.45, 2.75) is 39.0 Å². The number of hydrogen-bond acceptors (Lipinski definition) is 4. The van der Waals surface area contributed by atoms with Crippen molar-refractivity contribution in [3.8, 4) is 0 Å². The Morgan fingerprint density at radius 2 is 1.87 bits per heavy atom. The summed E-state index contributed by atoms with van der Waals surface area (Å²) in [6, 6.07) is 3.79. The number of hydrogen-bond donors (Lipinski definition) is 0. The van der Waals surface area contributed by atoms with Gasteiger partial charge >= 0.3 is 0 Å². The lowest BCUT2D eigenvalue weighted by molar-refractivity contribution is -0.147. The molecule has 2 amide bonds. The molecule has 23 heavy (non-hydrogen) atoms. The number of amides is 2. The predicted molar refractivity (Wildman–Crippen MR) is 84.4 cm³/mol. The highest BCUT2D eigenvalue weighted by Crippen LogP contribution is 2.23. The Kier molecular flexibility index (Phi) is 4.61. The minimum atomic E-state index is -0.234. The Morgan fingerprint density at radius 1 is 1.22 bits per heavy atom. The first-order chi connectivity index (χ1) is 11.0. The molecule has 0 spiro atoms. The zero-order valence-electron chi connectivity index (χ0n) is 13.6. The van der Waals surface area contributed by atoms with Crippen LogP contribution in [0.15, 0.2) is 24.5 Å². The van der Waals surface area contributed by atoms with Crippen LogP contribution in [0.5, 0.6) is 0 Å². The fourth-order valence-electron chi connectivity index (χ4n) is 3.42. The van der Waals surface area contributed by atoms with Crippen LogP contribution in [-0.4, -0.2) is 58.4 Å². The number of pyridine rings is 1. The standard InChI is InChI=1S/C17H23N3O3/c1-12-8-20(9-13(2)23-12)17(22)15-7-16(21)19(11-15)10-14-3-5-18-6-4-14/h3-6,12-13,15H,7-11H2,1-2H3/t12-,13+,15?. The van der Waals surface area contributed by atoms with E-state index in [9.17, 15) is 9.59 Å². The van der Waals surface area contributed by atoms with E-state index >= 15 is 0 Å².